The number of halogens is 1. The molecule has 1 rings (SSSR count). The van der Waals surface area contributed by atoms with E-state index in [4.69, 9.17) is 17.4 Å². The lowest BCUT2D eigenvalue weighted by Crippen LogP contribution is -2.37. The van der Waals surface area contributed by atoms with Crippen LogP contribution in [0.4, 0.5) is 11.8 Å². The van der Waals surface area contributed by atoms with Crippen molar-refractivity contribution < 1.29 is 5.11 Å². The van der Waals surface area contributed by atoms with Crippen LogP contribution in [0.2, 0.25) is 5.02 Å². The lowest BCUT2D eigenvalue weighted by atomic mass is 10.1. The van der Waals surface area contributed by atoms with Gasteiger partial charge in [0.05, 0.1) is 11.8 Å². The third-order valence-electron chi connectivity index (χ3n) is 1.84. The van der Waals surface area contributed by atoms with Gasteiger partial charge >= 0.3 is 0 Å². The maximum Gasteiger partial charge on any atom is 0.239 e. The first-order valence-corrected chi connectivity index (χ1v) is 5.14. The molecule has 0 unspecified atom stereocenters. The summed E-state index contributed by atoms with van der Waals surface area (Å²) in [4.78, 5) is 9.72. The summed E-state index contributed by atoms with van der Waals surface area (Å²) >= 11 is 5.96. The number of nitrogens with two attached hydrogens (primary N) is 1. The molecule has 7 heteroatoms. The Morgan fingerprint density at radius 3 is 2.75 bits per heavy atom. The fraction of sp³-hybridized carbons (Fsp3) is 0.556. The van der Waals surface area contributed by atoms with Gasteiger partial charge in [0, 0.05) is 13.6 Å². The normalized spacial score (nSPS) is 11.4. The molecule has 6 nitrogen and oxygen atoms in total. The van der Waals surface area contributed by atoms with Gasteiger partial charge in [-0.15, -0.1) is 0 Å². The van der Waals surface area contributed by atoms with E-state index in [0.29, 0.717) is 17.4 Å². The van der Waals surface area contributed by atoms with Crippen molar-refractivity contribution in [1.29, 1.82) is 0 Å². The fourth-order valence-electron chi connectivity index (χ4n) is 1.35. The van der Waals surface area contributed by atoms with Crippen molar-refractivity contribution in [1.82, 2.24) is 9.97 Å². The highest BCUT2D eigenvalue weighted by atomic mass is 35.5. The van der Waals surface area contributed by atoms with Crippen LogP contribution in [0.1, 0.15) is 13.8 Å². The monoisotopic (exact) mass is 245 g/mol. The van der Waals surface area contributed by atoms with E-state index in [-0.39, 0.29) is 5.95 Å². The largest absolute Gasteiger partial charge is 0.389 e. The van der Waals surface area contributed by atoms with E-state index < -0.39 is 5.60 Å². The molecular weight excluding hydrogens is 230 g/mol. The molecule has 0 saturated heterocycles. The van der Waals surface area contributed by atoms with Gasteiger partial charge in [-0.2, -0.15) is 4.98 Å². The molecule has 0 bridgehead atoms. The van der Waals surface area contributed by atoms with Crippen LogP contribution >= 0.6 is 11.6 Å². The van der Waals surface area contributed by atoms with E-state index in [1.807, 2.05) is 0 Å². The second-order valence-electron chi connectivity index (χ2n) is 4.18. The molecule has 0 atom stereocenters. The molecule has 1 aromatic rings. The zero-order chi connectivity index (χ0) is 12.3. The summed E-state index contributed by atoms with van der Waals surface area (Å²) in [6.07, 6.45) is 1.46. The van der Waals surface area contributed by atoms with Gasteiger partial charge in [0.15, 0.2) is 5.82 Å². The predicted molar refractivity (Wildman–Crippen MR) is 64.4 cm³/mol. The molecule has 0 fully saturated rings. The van der Waals surface area contributed by atoms with Gasteiger partial charge in [0.25, 0.3) is 0 Å². The van der Waals surface area contributed by atoms with Gasteiger partial charge in [0.1, 0.15) is 5.02 Å². The quantitative estimate of drug-likeness (QED) is 0.533. The minimum Gasteiger partial charge on any atom is -0.389 e. The molecule has 90 valence electrons. The standard InChI is InChI=1S/C9H16ClN5O/c1-9(2,16)5-15(3)7-6(10)4-12-8(13-7)14-11/h4,16H,5,11H2,1-3H3,(H,12,13,14). The van der Waals surface area contributed by atoms with Crippen LogP contribution < -0.4 is 16.2 Å². The maximum absolute atomic E-state index is 9.70. The molecule has 0 radical (unpaired) electrons. The Hall–Kier alpha value is -1.11. The number of aromatic nitrogens is 2. The number of likely N-dealkylation sites (N-methyl/N-ethyl adjacent to an activating group) is 1. The minimum atomic E-state index is -0.834. The number of nitrogens with zero attached hydrogens (tertiary/aromatic N) is 3. The molecule has 4 N–H and O–H groups in total. The average Bonchev–Trinajstić information content (AvgIpc) is 2.15. The number of aliphatic hydroxyl groups is 1. The van der Waals surface area contributed by atoms with Gasteiger partial charge in [-0.1, -0.05) is 11.6 Å². The van der Waals surface area contributed by atoms with Gasteiger partial charge in [-0.25, -0.2) is 10.8 Å². The molecule has 0 saturated carbocycles. The number of anilines is 2. The second kappa shape index (κ2) is 4.82. The Morgan fingerprint density at radius 2 is 2.25 bits per heavy atom. The van der Waals surface area contributed by atoms with Crippen molar-refractivity contribution in [3.05, 3.63) is 11.2 Å². The van der Waals surface area contributed by atoms with E-state index in [0.717, 1.165) is 0 Å². The molecule has 1 heterocycles. The molecule has 0 spiro atoms. The molecule has 0 aliphatic heterocycles. The van der Waals surface area contributed by atoms with Crippen LogP contribution in [0.15, 0.2) is 6.20 Å². The van der Waals surface area contributed by atoms with Crippen molar-refractivity contribution in [3.63, 3.8) is 0 Å². The van der Waals surface area contributed by atoms with Crippen molar-refractivity contribution in [3.8, 4) is 0 Å². The van der Waals surface area contributed by atoms with Crippen LogP contribution in [-0.4, -0.2) is 34.3 Å². The molecule has 0 amide bonds. The zero-order valence-corrected chi connectivity index (χ0v) is 10.3. The fourth-order valence-corrected chi connectivity index (χ4v) is 1.59. The lowest BCUT2D eigenvalue weighted by Gasteiger charge is -2.26. The smallest absolute Gasteiger partial charge is 0.239 e. The summed E-state index contributed by atoms with van der Waals surface area (Å²) < 4.78 is 0. The van der Waals surface area contributed by atoms with E-state index in [9.17, 15) is 5.11 Å². The van der Waals surface area contributed by atoms with Crippen molar-refractivity contribution in [2.45, 2.75) is 19.4 Å². The Balaban J connectivity index is 2.93. The molecule has 16 heavy (non-hydrogen) atoms. The lowest BCUT2D eigenvalue weighted by molar-refractivity contribution is 0.0884. The molecule has 0 aliphatic carbocycles. The highest BCUT2D eigenvalue weighted by Crippen LogP contribution is 2.23. The van der Waals surface area contributed by atoms with Gasteiger partial charge in [-0.05, 0) is 13.8 Å². The topological polar surface area (TPSA) is 87.3 Å². The average molecular weight is 246 g/mol. The summed E-state index contributed by atoms with van der Waals surface area (Å²) in [7, 11) is 1.78. The number of rotatable bonds is 4. The second-order valence-corrected chi connectivity index (χ2v) is 4.59. The molecule has 0 aliphatic rings. The van der Waals surface area contributed by atoms with Gasteiger partial charge in [0.2, 0.25) is 5.95 Å². The molecular formula is C9H16ClN5O. The first kappa shape index (κ1) is 13.0. The van der Waals surface area contributed by atoms with Crippen LogP contribution in [0, 0.1) is 0 Å². The summed E-state index contributed by atoms with van der Waals surface area (Å²) in [5, 5.41) is 10.1. The third kappa shape index (κ3) is 3.48. The molecule has 0 aromatic carbocycles. The molecule has 1 aromatic heterocycles. The van der Waals surface area contributed by atoms with E-state index in [1.165, 1.54) is 6.20 Å². The van der Waals surface area contributed by atoms with Crippen molar-refractivity contribution in [2.75, 3.05) is 23.9 Å². The van der Waals surface area contributed by atoms with Crippen LogP contribution in [0.25, 0.3) is 0 Å². The van der Waals surface area contributed by atoms with Crippen molar-refractivity contribution >= 4 is 23.4 Å². The van der Waals surface area contributed by atoms with E-state index in [2.05, 4.69) is 15.4 Å². The van der Waals surface area contributed by atoms with Crippen LogP contribution in [0.5, 0.6) is 0 Å². The Labute approximate surface area is 99.4 Å². The number of hydrogen-bond donors (Lipinski definition) is 3. The Morgan fingerprint density at radius 1 is 1.62 bits per heavy atom. The summed E-state index contributed by atoms with van der Waals surface area (Å²) in [5.74, 6) is 6.01. The SMILES string of the molecule is CN(CC(C)(C)O)c1nc(NN)ncc1Cl. The van der Waals surface area contributed by atoms with Crippen molar-refractivity contribution in [2.24, 2.45) is 5.84 Å². The summed E-state index contributed by atoms with van der Waals surface area (Å²) in [6, 6.07) is 0. The van der Waals surface area contributed by atoms with E-state index >= 15 is 0 Å². The Kier molecular flexibility index (Phi) is 3.90. The highest BCUT2D eigenvalue weighted by Gasteiger charge is 2.18. The van der Waals surface area contributed by atoms with Gasteiger partial charge in [-0.3, -0.25) is 5.43 Å². The highest BCUT2D eigenvalue weighted by molar-refractivity contribution is 6.32. The first-order chi connectivity index (χ1) is 7.33. The Bertz CT molecular complexity index is 365. The number of hydrogen-bond acceptors (Lipinski definition) is 6. The minimum absolute atomic E-state index is 0.280. The third-order valence-corrected chi connectivity index (χ3v) is 2.11. The number of hydrazine groups is 1. The number of nitrogen functional groups attached to an aromatic ring is 1. The first-order valence-electron chi connectivity index (χ1n) is 4.76. The maximum atomic E-state index is 9.70. The van der Waals surface area contributed by atoms with Gasteiger partial charge < -0.3 is 10.0 Å². The van der Waals surface area contributed by atoms with Crippen LogP contribution in [-0.2, 0) is 0 Å². The van der Waals surface area contributed by atoms with E-state index in [1.54, 1.807) is 25.8 Å². The summed E-state index contributed by atoms with van der Waals surface area (Å²) in [6.45, 7) is 3.81. The van der Waals surface area contributed by atoms with Crippen LogP contribution in [0.3, 0.4) is 0 Å². The zero-order valence-electron chi connectivity index (χ0n) is 9.53. The summed E-state index contributed by atoms with van der Waals surface area (Å²) in [5.41, 5.74) is 1.51. The predicted octanol–water partition coefficient (Wildman–Crippen LogP) is 0.623. The number of nitrogens with one attached hydrogen (secondary N) is 1.